The van der Waals surface area contributed by atoms with Gasteiger partial charge in [-0.3, -0.25) is 14.5 Å². The van der Waals surface area contributed by atoms with Gasteiger partial charge in [0.05, 0.1) is 27.5 Å². The Bertz CT molecular complexity index is 1920. The summed E-state index contributed by atoms with van der Waals surface area (Å²) in [5.74, 6) is -1.76. The number of hydrogen-bond donors (Lipinski definition) is 1. The fraction of sp³-hybridized carbons (Fsp3) is 0.273. The molecule has 0 bridgehead atoms. The van der Waals surface area contributed by atoms with Crippen LogP contribution >= 0.6 is 11.3 Å². The van der Waals surface area contributed by atoms with Crippen molar-refractivity contribution in [2.45, 2.75) is 59.9 Å². The maximum atomic E-state index is 13.8. The molecule has 2 aromatic carbocycles. The molecule has 1 saturated heterocycles. The van der Waals surface area contributed by atoms with Crippen LogP contribution in [0.15, 0.2) is 60.3 Å². The van der Waals surface area contributed by atoms with Gasteiger partial charge in [0.25, 0.3) is 5.78 Å². The number of carbonyl (C=O) groups is 2. The summed E-state index contributed by atoms with van der Waals surface area (Å²) in [7, 11) is 0. The second-order valence-corrected chi connectivity index (χ2v) is 12.9. The van der Waals surface area contributed by atoms with Crippen molar-refractivity contribution >= 4 is 49.8 Å². The van der Waals surface area contributed by atoms with Crippen LogP contribution in [0.25, 0.3) is 21.6 Å². The number of aliphatic hydroxyl groups excluding tert-OH is 1. The molecule has 1 fully saturated rings. The van der Waals surface area contributed by atoms with Gasteiger partial charge in [0, 0.05) is 6.20 Å². The highest BCUT2D eigenvalue weighted by Crippen LogP contribution is 2.45. The Morgan fingerprint density at radius 2 is 1.66 bits per heavy atom. The molecule has 1 amide bonds. The number of fused-ring (bicyclic) bond motifs is 2. The van der Waals surface area contributed by atoms with Gasteiger partial charge < -0.3 is 9.51 Å². The van der Waals surface area contributed by atoms with E-state index in [1.165, 1.54) is 16.2 Å². The van der Waals surface area contributed by atoms with Crippen molar-refractivity contribution in [1.82, 2.24) is 14.4 Å². The SMILES string of the molecule is Cc1cc(C)c2nc(N3C(=O)C(=O)C(=C(O)c4nc5c(C)cccn5c4C)C3c3ccc(C(C)(C)C)cc3)sc2c1. The molecule has 0 spiro atoms. The molecule has 41 heavy (non-hydrogen) atoms. The van der Waals surface area contributed by atoms with Crippen molar-refractivity contribution in [2.24, 2.45) is 0 Å². The van der Waals surface area contributed by atoms with Crippen LogP contribution in [-0.2, 0) is 15.0 Å². The number of aromatic nitrogens is 3. The first-order chi connectivity index (χ1) is 19.4. The fourth-order valence-corrected chi connectivity index (χ4v) is 6.82. The van der Waals surface area contributed by atoms with Crippen LogP contribution < -0.4 is 4.90 Å². The normalized spacial score (nSPS) is 17.3. The lowest BCUT2D eigenvalue weighted by atomic mass is 9.85. The summed E-state index contributed by atoms with van der Waals surface area (Å²) in [5, 5.41) is 12.2. The summed E-state index contributed by atoms with van der Waals surface area (Å²) in [5.41, 5.74) is 7.24. The Hall–Kier alpha value is -4.30. The van der Waals surface area contributed by atoms with Crippen LogP contribution in [0, 0.1) is 27.7 Å². The summed E-state index contributed by atoms with van der Waals surface area (Å²) in [4.78, 5) is 38.5. The smallest absolute Gasteiger partial charge is 0.301 e. The lowest BCUT2D eigenvalue weighted by Gasteiger charge is -2.24. The zero-order valence-electron chi connectivity index (χ0n) is 24.2. The third-order valence-electron chi connectivity index (χ3n) is 7.87. The number of rotatable bonds is 3. The number of anilines is 1. The molecular formula is C33H32N4O3S. The molecule has 4 heterocycles. The number of Topliss-reactive ketones (excluding diaryl/α,β-unsaturated/α-hetero) is 1. The van der Waals surface area contributed by atoms with Gasteiger partial charge in [-0.25, -0.2) is 9.97 Å². The molecule has 5 aromatic rings. The Morgan fingerprint density at radius 1 is 0.951 bits per heavy atom. The van der Waals surface area contributed by atoms with Crippen LogP contribution in [0.2, 0.25) is 0 Å². The molecule has 1 atom stereocenters. The van der Waals surface area contributed by atoms with Gasteiger partial charge in [-0.05, 0) is 73.1 Å². The van der Waals surface area contributed by atoms with Crippen LogP contribution in [0.4, 0.5) is 5.13 Å². The minimum atomic E-state index is -0.865. The summed E-state index contributed by atoms with van der Waals surface area (Å²) >= 11 is 1.37. The van der Waals surface area contributed by atoms with Gasteiger partial charge in [0.1, 0.15) is 11.3 Å². The number of imidazole rings is 1. The van der Waals surface area contributed by atoms with Gasteiger partial charge in [0.15, 0.2) is 10.9 Å². The number of amides is 1. The first-order valence-corrected chi connectivity index (χ1v) is 14.4. The first kappa shape index (κ1) is 26.9. The minimum absolute atomic E-state index is 0.00910. The fourth-order valence-electron chi connectivity index (χ4n) is 5.65. The van der Waals surface area contributed by atoms with E-state index >= 15 is 0 Å². The summed E-state index contributed by atoms with van der Waals surface area (Å²) < 4.78 is 2.82. The van der Waals surface area contributed by atoms with Gasteiger partial charge in [-0.15, -0.1) is 0 Å². The van der Waals surface area contributed by atoms with Gasteiger partial charge in [0.2, 0.25) is 0 Å². The van der Waals surface area contributed by atoms with E-state index in [9.17, 15) is 14.7 Å². The van der Waals surface area contributed by atoms with Crippen molar-refractivity contribution in [3.8, 4) is 0 Å². The number of carbonyl (C=O) groups excluding carboxylic acids is 2. The predicted octanol–water partition coefficient (Wildman–Crippen LogP) is 7.10. The van der Waals surface area contributed by atoms with E-state index in [1.54, 1.807) is 0 Å². The quantitative estimate of drug-likeness (QED) is 0.143. The molecule has 1 aliphatic rings. The molecule has 1 aliphatic heterocycles. The maximum absolute atomic E-state index is 13.8. The van der Waals surface area contributed by atoms with Crippen LogP contribution in [0.1, 0.15) is 66.0 Å². The largest absolute Gasteiger partial charge is 0.505 e. The average Bonchev–Trinajstić information content (AvgIpc) is 3.56. The van der Waals surface area contributed by atoms with Crippen LogP contribution in [0.3, 0.4) is 0 Å². The molecule has 1 N–H and O–H groups in total. The number of pyridine rings is 1. The molecule has 0 radical (unpaired) electrons. The predicted molar refractivity (Wildman–Crippen MR) is 164 cm³/mol. The third kappa shape index (κ3) is 4.25. The monoisotopic (exact) mass is 564 g/mol. The van der Waals surface area contributed by atoms with E-state index in [-0.39, 0.29) is 22.4 Å². The molecule has 1 unspecified atom stereocenters. The van der Waals surface area contributed by atoms with Crippen molar-refractivity contribution < 1.29 is 14.7 Å². The molecule has 8 heteroatoms. The number of aliphatic hydroxyl groups is 1. The molecule has 7 nitrogen and oxygen atoms in total. The second kappa shape index (κ2) is 9.38. The van der Waals surface area contributed by atoms with Gasteiger partial charge in [-0.1, -0.05) is 68.5 Å². The summed E-state index contributed by atoms with van der Waals surface area (Å²) in [6.07, 6.45) is 1.87. The van der Waals surface area contributed by atoms with Crippen molar-refractivity contribution in [3.05, 3.63) is 99.5 Å². The van der Waals surface area contributed by atoms with E-state index in [1.807, 2.05) is 80.8 Å². The highest BCUT2D eigenvalue weighted by Gasteiger charge is 2.48. The standard InChI is InChI=1S/C33H32N4O3S/c1-17-15-19(3)25-23(16-17)41-32(35-25)37-27(21-10-12-22(13-11-21)33(5,6)7)24(29(39)31(37)40)28(38)26-20(4)36-14-8-9-18(2)30(36)34-26/h8-16,27,38H,1-7H3. The lowest BCUT2D eigenvalue weighted by Crippen LogP contribution is -2.29. The van der Waals surface area contributed by atoms with Gasteiger partial charge in [-0.2, -0.15) is 0 Å². The van der Waals surface area contributed by atoms with Crippen molar-refractivity contribution in [2.75, 3.05) is 4.90 Å². The second-order valence-electron chi connectivity index (χ2n) is 11.9. The Balaban J connectivity index is 1.60. The zero-order chi connectivity index (χ0) is 29.4. The van der Waals surface area contributed by atoms with Gasteiger partial charge >= 0.3 is 5.91 Å². The van der Waals surface area contributed by atoms with E-state index in [2.05, 4.69) is 26.8 Å². The molecule has 0 aliphatic carbocycles. The number of ketones is 1. The van der Waals surface area contributed by atoms with E-state index < -0.39 is 17.7 Å². The topological polar surface area (TPSA) is 87.8 Å². The van der Waals surface area contributed by atoms with Crippen molar-refractivity contribution in [1.29, 1.82) is 0 Å². The molecular weight excluding hydrogens is 532 g/mol. The molecule has 208 valence electrons. The zero-order valence-corrected chi connectivity index (χ0v) is 25.1. The summed E-state index contributed by atoms with van der Waals surface area (Å²) in [6, 6.07) is 15.0. The maximum Gasteiger partial charge on any atom is 0.301 e. The number of benzene rings is 2. The Kier molecular flexibility index (Phi) is 6.15. The third-order valence-corrected chi connectivity index (χ3v) is 8.87. The van der Waals surface area contributed by atoms with Crippen LogP contribution in [-0.4, -0.2) is 31.2 Å². The Labute approximate surface area is 242 Å². The molecule has 3 aromatic heterocycles. The number of aryl methyl sites for hydroxylation is 4. The minimum Gasteiger partial charge on any atom is -0.505 e. The number of nitrogens with zero attached hydrogens (tertiary/aromatic N) is 4. The first-order valence-electron chi connectivity index (χ1n) is 13.6. The molecule has 6 rings (SSSR count). The van der Waals surface area contributed by atoms with Crippen molar-refractivity contribution in [3.63, 3.8) is 0 Å². The lowest BCUT2D eigenvalue weighted by molar-refractivity contribution is -0.132. The number of thiazole rings is 1. The van der Waals surface area contributed by atoms with E-state index in [0.717, 1.165) is 32.5 Å². The average molecular weight is 565 g/mol. The molecule has 0 saturated carbocycles. The van der Waals surface area contributed by atoms with E-state index in [0.29, 0.717) is 22.0 Å². The highest BCUT2D eigenvalue weighted by molar-refractivity contribution is 7.22. The van der Waals surface area contributed by atoms with E-state index in [4.69, 9.17) is 9.97 Å². The Morgan fingerprint density at radius 3 is 2.32 bits per heavy atom. The number of hydrogen-bond acceptors (Lipinski definition) is 6. The van der Waals surface area contributed by atoms with Crippen LogP contribution in [0.5, 0.6) is 0 Å². The summed E-state index contributed by atoms with van der Waals surface area (Å²) in [6.45, 7) is 14.2. The highest BCUT2D eigenvalue weighted by atomic mass is 32.1.